The summed E-state index contributed by atoms with van der Waals surface area (Å²) in [5.74, 6) is -1.70. The van der Waals surface area contributed by atoms with Crippen LogP contribution in [0.4, 0.5) is 10.1 Å². The number of hydrogen-bond donors (Lipinski definition) is 3. The maximum atomic E-state index is 14.1. The molecule has 4 aromatic rings. The van der Waals surface area contributed by atoms with Crippen molar-refractivity contribution < 1.29 is 18.8 Å². The third-order valence-corrected chi connectivity index (χ3v) is 7.03. The van der Waals surface area contributed by atoms with Gasteiger partial charge in [0.05, 0.1) is 23.0 Å². The summed E-state index contributed by atoms with van der Waals surface area (Å²) in [5, 5.41) is 11.1. The van der Waals surface area contributed by atoms with E-state index in [4.69, 9.17) is 11.6 Å². The van der Waals surface area contributed by atoms with E-state index < -0.39 is 17.8 Å². The van der Waals surface area contributed by atoms with Gasteiger partial charge in [-0.15, -0.1) is 11.3 Å². The molecule has 0 saturated carbocycles. The lowest BCUT2D eigenvalue weighted by Gasteiger charge is -2.29. The second-order valence-corrected chi connectivity index (χ2v) is 9.08. The smallest absolute Gasteiger partial charge is 0.267 e. The fourth-order valence-corrected chi connectivity index (χ4v) is 5.35. The molecule has 0 radical (unpaired) electrons. The van der Waals surface area contributed by atoms with Crippen molar-refractivity contribution in [3.8, 4) is 0 Å². The van der Waals surface area contributed by atoms with Crippen molar-refractivity contribution in [1.29, 1.82) is 0 Å². The molecule has 1 aliphatic heterocycles. The third kappa shape index (κ3) is 3.72. The van der Waals surface area contributed by atoms with E-state index in [1.165, 1.54) is 47.2 Å². The quantitative estimate of drug-likeness (QED) is 0.393. The Hall–Kier alpha value is -3.69. The van der Waals surface area contributed by atoms with Gasteiger partial charge >= 0.3 is 0 Å². The molecule has 2 aromatic carbocycles. The molecule has 172 valence electrons. The van der Waals surface area contributed by atoms with Gasteiger partial charge in [-0.1, -0.05) is 29.8 Å². The normalized spacial score (nSPS) is 15.0. The minimum atomic E-state index is -0.877. The molecular weight excluding hydrogens is 479 g/mol. The molecule has 10 heteroatoms. The van der Waals surface area contributed by atoms with E-state index >= 15 is 0 Å². The topological polar surface area (TPSA) is 92.2 Å². The molecular formula is C24H18ClFN4O3S. The lowest BCUT2D eigenvalue weighted by atomic mass is 10.0. The van der Waals surface area contributed by atoms with Crippen molar-refractivity contribution in [3.05, 3.63) is 87.3 Å². The summed E-state index contributed by atoms with van der Waals surface area (Å²) >= 11 is 7.80. The number of nitrogens with zero attached hydrogens (tertiary/aromatic N) is 1. The van der Waals surface area contributed by atoms with E-state index in [9.17, 15) is 18.8 Å². The van der Waals surface area contributed by atoms with Crippen LogP contribution < -0.4 is 16.0 Å². The molecule has 0 bridgehead atoms. The first-order chi connectivity index (χ1) is 16.4. The molecule has 1 atom stereocenters. The Kier molecular flexibility index (Phi) is 5.59. The number of carbonyl (C=O) groups is 3. The molecule has 3 amide bonds. The highest BCUT2D eigenvalue weighted by atomic mass is 35.5. The number of anilines is 1. The van der Waals surface area contributed by atoms with Crippen LogP contribution in [-0.4, -0.2) is 29.3 Å². The molecule has 0 spiro atoms. The molecule has 1 aliphatic rings. The van der Waals surface area contributed by atoms with Gasteiger partial charge in [0.15, 0.2) is 0 Å². The number of carbonyl (C=O) groups excluding carboxylic acids is 3. The Labute approximate surface area is 202 Å². The van der Waals surface area contributed by atoms with E-state index in [0.717, 1.165) is 10.1 Å². The standard InChI is InChI=1S/C24H18ClFN4O3S/c1-27-24(33)18-9-17(28-23(32)15-11-34-19-5-3-2-4-13(15)19)22-21(29-20(31)10-30(18)22)14-8-12(26)6-7-16(14)25/h2-9,11,21H,10H2,1H3,(H,27,33)(H,28,32)(H,29,31). The van der Waals surface area contributed by atoms with Crippen LogP contribution in [0.1, 0.15) is 38.1 Å². The number of hydrogen-bond acceptors (Lipinski definition) is 4. The molecule has 0 saturated heterocycles. The van der Waals surface area contributed by atoms with Crippen molar-refractivity contribution >= 4 is 56.4 Å². The SMILES string of the molecule is CNC(=O)c1cc(NC(=O)c2csc3ccccc23)c2n1CC(=O)NC2c1cc(F)ccc1Cl. The Morgan fingerprint density at radius 3 is 2.76 bits per heavy atom. The summed E-state index contributed by atoms with van der Waals surface area (Å²) in [6.45, 7) is -0.140. The van der Waals surface area contributed by atoms with Gasteiger partial charge in [0.25, 0.3) is 11.8 Å². The predicted octanol–water partition coefficient (Wildman–Crippen LogP) is 4.33. The molecule has 2 aromatic heterocycles. The number of thiophene rings is 1. The highest BCUT2D eigenvalue weighted by Gasteiger charge is 2.34. The van der Waals surface area contributed by atoms with Gasteiger partial charge in [-0.25, -0.2) is 4.39 Å². The molecule has 34 heavy (non-hydrogen) atoms. The largest absolute Gasteiger partial charge is 0.354 e. The van der Waals surface area contributed by atoms with Crippen LogP contribution in [0, 0.1) is 5.82 Å². The minimum absolute atomic E-state index is 0.140. The van der Waals surface area contributed by atoms with Crippen molar-refractivity contribution in [2.45, 2.75) is 12.6 Å². The van der Waals surface area contributed by atoms with Gasteiger partial charge in [-0.05, 0) is 30.3 Å². The number of nitrogens with one attached hydrogen (secondary N) is 3. The number of aromatic nitrogens is 1. The molecule has 5 rings (SSSR count). The fourth-order valence-electron chi connectivity index (χ4n) is 4.18. The van der Waals surface area contributed by atoms with Crippen LogP contribution in [0.5, 0.6) is 0 Å². The Balaban J connectivity index is 1.64. The fraction of sp³-hybridized carbons (Fsp3) is 0.125. The lowest BCUT2D eigenvalue weighted by molar-refractivity contribution is -0.123. The number of benzene rings is 2. The van der Waals surface area contributed by atoms with Gasteiger partial charge in [-0.3, -0.25) is 14.4 Å². The van der Waals surface area contributed by atoms with Crippen LogP contribution in [0.2, 0.25) is 5.02 Å². The van der Waals surface area contributed by atoms with Crippen LogP contribution in [0.15, 0.2) is 53.9 Å². The predicted molar refractivity (Wildman–Crippen MR) is 129 cm³/mol. The maximum Gasteiger partial charge on any atom is 0.267 e. The molecule has 0 aliphatic carbocycles. The first-order valence-electron chi connectivity index (χ1n) is 10.3. The summed E-state index contributed by atoms with van der Waals surface area (Å²) < 4.78 is 16.6. The van der Waals surface area contributed by atoms with Gasteiger partial charge in [0.2, 0.25) is 5.91 Å². The first kappa shape index (κ1) is 22.1. The maximum absolute atomic E-state index is 14.1. The zero-order chi connectivity index (χ0) is 24.0. The molecule has 7 nitrogen and oxygen atoms in total. The van der Waals surface area contributed by atoms with Gasteiger partial charge in [0.1, 0.15) is 18.1 Å². The van der Waals surface area contributed by atoms with Crippen molar-refractivity contribution in [2.24, 2.45) is 0 Å². The van der Waals surface area contributed by atoms with Gasteiger partial charge in [-0.2, -0.15) is 0 Å². The average molecular weight is 497 g/mol. The number of halogens is 2. The van der Waals surface area contributed by atoms with E-state index in [1.54, 1.807) is 5.38 Å². The zero-order valence-corrected chi connectivity index (χ0v) is 19.4. The monoisotopic (exact) mass is 496 g/mol. The third-order valence-electron chi connectivity index (χ3n) is 5.72. The van der Waals surface area contributed by atoms with E-state index in [2.05, 4.69) is 16.0 Å². The number of amides is 3. The Bertz CT molecular complexity index is 1480. The summed E-state index contributed by atoms with van der Waals surface area (Å²) in [4.78, 5) is 38.4. The summed E-state index contributed by atoms with van der Waals surface area (Å²) in [6.07, 6.45) is 0. The van der Waals surface area contributed by atoms with Crippen LogP contribution in [0.3, 0.4) is 0 Å². The summed E-state index contributed by atoms with van der Waals surface area (Å²) in [6, 6.07) is 12.0. The highest BCUT2D eigenvalue weighted by molar-refractivity contribution is 7.17. The highest BCUT2D eigenvalue weighted by Crippen LogP contribution is 2.38. The minimum Gasteiger partial charge on any atom is -0.354 e. The average Bonchev–Trinajstić information content (AvgIpc) is 3.41. The van der Waals surface area contributed by atoms with Gasteiger partial charge in [0, 0.05) is 33.1 Å². The second kappa shape index (κ2) is 8.58. The van der Waals surface area contributed by atoms with Crippen molar-refractivity contribution in [2.75, 3.05) is 12.4 Å². The van der Waals surface area contributed by atoms with Crippen LogP contribution >= 0.6 is 22.9 Å². The summed E-state index contributed by atoms with van der Waals surface area (Å²) in [5.41, 5.74) is 1.74. The van der Waals surface area contributed by atoms with Gasteiger partial charge < -0.3 is 20.5 Å². The second-order valence-electron chi connectivity index (χ2n) is 7.76. The lowest BCUT2D eigenvalue weighted by Crippen LogP contribution is -2.40. The van der Waals surface area contributed by atoms with Crippen LogP contribution in [-0.2, 0) is 11.3 Å². The zero-order valence-electron chi connectivity index (χ0n) is 17.8. The molecule has 0 fully saturated rings. The van der Waals surface area contributed by atoms with Crippen molar-refractivity contribution in [3.63, 3.8) is 0 Å². The van der Waals surface area contributed by atoms with E-state index in [0.29, 0.717) is 22.5 Å². The number of fused-ring (bicyclic) bond motifs is 2. The molecule has 1 unspecified atom stereocenters. The van der Waals surface area contributed by atoms with Crippen molar-refractivity contribution in [1.82, 2.24) is 15.2 Å². The number of rotatable bonds is 4. The first-order valence-corrected chi connectivity index (χ1v) is 11.6. The Morgan fingerprint density at radius 1 is 1.18 bits per heavy atom. The molecule has 3 heterocycles. The van der Waals surface area contributed by atoms with E-state index in [1.807, 2.05) is 24.3 Å². The Morgan fingerprint density at radius 2 is 1.97 bits per heavy atom. The summed E-state index contributed by atoms with van der Waals surface area (Å²) in [7, 11) is 1.47. The van der Waals surface area contributed by atoms with Crippen LogP contribution in [0.25, 0.3) is 10.1 Å². The molecule has 3 N–H and O–H groups in total. The van der Waals surface area contributed by atoms with E-state index in [-0.39, 0.29) is 29.1 Å².